The number of halogens is 2. The number of nitrogen functional groups attached to an aromatic ring is 2. The molecule has 0 fully saturated rings. The fourth-order valence-electron chi connectivity index (χ4n) is 1.62. The minimum atomic E-state index is -0.429. The van der Waals surface area contributed by atoms with Crippen LogP contribution in [0.5, 0.6) is 0 Å². The Morgan fingerprint density at radius 1 is 0.765 bits per heavy atom. The molecule has 0 saturated heterocycles. The summed E-state index contributed by atoms with van der Waals surface area (Å²) in [4.78, 5) is 0. The van der Waals surface area contributed by atoms with Crippen molar-refractivity contribution in [2.45, 2.75) is 6.42 Å². The van der Waals surface area contributed by atoms with E-state index in [9.17, 15) is 8.78 Å². The van der Waals surface area contributed by atoms with Gasteiger partial charge in [-0.05, 0) is 35.4 Å². The third kappa shape index (κ3) is 2.53. The molecule has 17 heavy (non-hydrogen) atoms. The summed E-state index contributed by atoms with van der Waals surface area (Å²) >= 11 is 0. The molecule has 2 aromatic carbocycles. The third-order valence-corrected chi connectivity index (χ3v) is 2.54. The lowest BCUT2D eigenvalue weighted by molar-refractivity contribution is 0.600. The molecule has 0 atom stereocenters. The minimum absolute atomic E-state index is 0.179. The molecule has 2 nitrogen and oxygen atoms in total. The number of hydrogen-bond acceptors (Lipinski definition) is 2. The van der Waals surface area contributed by atoms with Gasteiger partial charge in [0.05, 0.1) is 0 Å². The van der Waals surface area contributed by atoms with Gasteiger partial charge in [0.25, 0.3) is 0 Å². The summed E-state index contributed by atoms with van der Waals surface area (Å²) in [6.07, 6.45) is 0.179. The molecule has 0 unspecified atom stereocenters. The zero-order valence-electron chi connectivity index (χ0n) is 9.08. The highest BCUT2D eigenvalue weighted by molar-refractivity contribution is 5.44. The van der Waals surface area contributed by atoms with E-state index in [1.807, 2.05) is 0 Å². The quantitative estimate of drug-likeness (QED) is 0.785. The lowest BCUT2D eigenvalue weighted by atomic mass is 10.0. The molecule has 0 aliphatic heterocycles. The van der Waals surface area contributed by atoms with Crippen LogP contribution in [0.4, 0.5) is 20.2 Å². The molecule has 0 amide bonds. The monoisotopic (exact) mass is 234 g/mol. The van der Waals surface area contributed by atoms with Gasteiger partial charge >= 0.3 is 0 Å². The molecule has 0 spiro atoms. The van der Waals surface area contributed by atoms with Crippen LogP contribution >= 0.6 is 0 Å². The van der Waals surface area contributed by atoms with E-state index in [2.05, 4.69) is 0 Å². The Morgan fingerprint density at radius 3 is 1.53 bits per heavy atom. The van der Waals surface area contributed by atoms with Crippen LogP contribution in [0.15, 0.2) is 36.4 Å². The maximum absolute atomic E-state index is 13.5. The van der Waals surface area contributed by atoms with Crippen molar-refractivity contribution in [1.29, 1.82) is 0 Å². The Kier molecular flexibility index (Phi) is 2.95. The number of rotatable bonds is 2. The second-order valence-corrected chi connectivity index (χ2v) is 3.88. The molecule has 0 aliphatic rings. The van der Waals surface area contributed by atoms with Gasteiger partial charge in [-0.15, -0.1) is 0 Å². The van der Waals surface area contributed by atoms with Crippen molar-refractivity contribution in [2.24, 2.45) is 0 Å². The number of anilines is 2. The predicted octanol–water partition coefficient (Wildman–Crippen LogP) is 2.72. The summed E-state index contributed by atoms with van der Waals surface area (Å²) in [7, 11) is 0. The van der Waals surface area contributed by atoms with E-state index < -0.39 is 11.6 Å². The summed E-state index contributed by atoms with van der Waals surface area (Å²) in [6, 6.07) is 8.75. The van der Waals surface area contributed by atoms with Crippen LogP contribution in [0.3, 0.4) is 0 Å². The average Bonchev–Trinajstić information content (AvgIpc) is 2.25. The van der Waals surface area contributed by atoms with E-state index in [4.69, 9.17) is 11.5 Å². The molecule has 0 aliphatic carbocycles. The first kappa shape index (κ1) is 11.4. The van der Waals surface area contributed by atoms with Gasteiger partial charge in [0.2, 0.25) is 0 Å². The van der Waals surface area contributed by atoms with E-state index in [0.29, 0.717) is 22.5 Å². The first-order chi connectivity index (χ1) is 8.06. The Hall–Kier alpha value is -2.10. The summed E-state index contributed by atoms with van der Waals surface area (Å²) in [5.41, 5.74) is 12.4. The summed E-state index contributed by atoms with van der Waals surface area (Å²) < 4.78 is 27.0. The second kappa shape index (κ2) is 4.41. The van der Waals surface area contributed by atoms with Crippen LogP contribution in [0.25, 0.3) is 0 Å². The van der Waals surface area contributed by atoms with Crippen molar-refractivity contribution in [3.8, 4) is 0 Å². The van der Waals surface area contributed by atoms with Gasteiger partial charge in [-0.1, -0.05) is 12.1 Å². The van der Waals surface area contributed by atoms with Gasteiger partial charge in [0, 0.05) is 17.8 Å². The molecule has 0 heterocycles. The fraction of sp³-hybridized carbons (Fsp3) is 0.0769. The largest absolute Gasteiger partial charge is 0.399 e. The van der Waals surface area contributed by atoms with Gasteiger partial charge in [-0.25, -0.2) is 8.78 Å². The van der Waals surface area contributed by atoms with E-state index in [-0.39, 0.29) is 6.42 Å². The molecule has 4 N–H and O–H groups in total. The maximum Gasteiger partial charge on any atom is 0.128 e. The lowest BCUT2D eigenvalue weighted by Gasteiger charge is -2.06. The Balaban J connectivity index is 2.31. The SMILES string of the molecule is Nc1ccc(Cc2ccc(N)cc2F)c(F)c1. The minimum Gasteiger partial charge on any atom is -0.399 e. The molecule has 88 valence electrons. The molecule has 4 heteroatoms. The number of benzene rings is 2. The van der Waals surface area contributed by atoms with Crippen LogP contribution in [0.2, 0.25) is 0 Å². The average molecular weight is 234 g/mol. The van der Waals surface area contributed by atoms with E-state index >= 15 is 0 Å². The van der Waals surface area contributed by atoms with Crippen molar-refractivity contribution in [3.63, 3.8) is 0 Å². The van der Waals surface area contributed by atoms with Gasteiger partial charge in [-0.3, -0.25) is 0 Å². The van der Waals surface area contributed by atoms with Crippen molar-refractivity contribution < 1.29 is 8.78 Å². The summed E-state index contributed by atoms with van der Waals surface area (Å²) in [6.45, 7) is 0. The molecule has 2 rings (SSSR count). The van der Waals surface area contributed by atoms with Crippen molar-refractivity contribution in [1.82, 2.24) is 0 Å². The Morgan fingerprint density at radius 2 is 1.18 bits per heavy atom. The summed E-state index contributed by atoms with van der Waals surface area (Å²) in [5, 5.41) is 0. The normalized spacial score (nSPS) is 10.5. The van der Waals surface area contributed by atoms with Crippen LogP contribution in [-0.4, -0.2) is 0 Å². The molecular formula is C13H12F2N2. The standard InChI is InChI=1S/C13H12F2N2/c14-12-6-10(16)3-1-8(12)5-9-2-4-11(17)7-13(9)15/h1-4,6-7H,5,16-17H2. The number of nitrogens with two attached hydrogens (primary N) is 2. The first-order valence-electron chi connectivity index (χ1n) is 5.14. The molecule has 2 aromatic rings. The summed E-state index contributed by atoms with van der Waals surface area (Å²) in [5.74, 6) is -0.859. The van der Waals surface area contributed by atoms with Crippen molar-refractivity contribution in [3.05, 3.63) is 59.2 Å². The highest BCUT2D eigenvalue weighted by Crippen LogP contribution is 2.19. The van der Waals surface area contributed by atoms with Gasteiger partial charge < -0.3 is 11.5 Å². The highest BCUT2D eigenvalue weighted by atomic mass is 19.1. The first-order valence-corrected chi connectivity index (χ1v) is 5.14. The fourth-order valence-corrected chi connectivity index (χ4v) is 1.62. The van der Waals surface area contributed by atoms with Gasteiger partial charge in [-0.2, -0.15) is 0 Å². The maximum atomic E-state index is 13.5. The van der Waals surface area contributed by atoms with E-state index in [1.165, 1.54) is 12.1 Å². The number of hydrogen-bond donors (Lipinski definition) is 2. The molecule has 0 bridgehead atoms. The topological polar surface area (TPSA) is 52.0 Å². The van der Waals surface area contributed by atoms with Gasteiger partial charge in [0.15, 0.2) is 0 Å². The van der Waals surface area contributed by atoms with E-state index in [1.54, 1.807) is 24.3 Å². The van der Waals surface area contributed by atoms with Gasteiger partial charge in [0.1, 0.15) is 11.6 Å². The highest BCUT2D eigenvalue weighted by Gasteiger charge is 2.07. The smallest absolute Gasteiger partial charge is 0.128 e. The second-order valence-electron chi connectivity index (χ2n) is 3.88. The van der Waals surface area contributed by atoms with Crippen molar-refractivity contribution in [2.75, 3.05) is 11.5 Å². The van der Waals surface area contributed by atoms with Crippen LogP contribution < -0.4 is 11.5 Å². The van der Waals surface area contributed by atoms with Crippen LogP contribution in [0.1, 0.15) is 11.1 Å². The van der Waals surface area contributed by atoms with Crippen molar-refractivity contribution >= 4 is 11.4 Å². The van der Waals surface area contributed by atoms with Crippen LogP contribution in [-0.2, 0) is 6.42 Å². The molecule has 0 aromatic heterocycles. The lowest BCUT2D eigenvalue weighted by Crippen LogP contribution is -1.98. The zero-order valence-corrected chi connectivity index (χ0v) is 9.08. The van der Waals surface area contributed by atoms with Crippen LogP contribution in [0, 0.1) is 11.6 Å². The molecule has 0 radical (unpaired) electrons. The van der Waals surface area contributed by atoms with E-state index in [0.717, 1.165) is 0 Å². The molecule has 0 saturated carbocycles. The zero-order chi connectivity index (χ0) is 12.4. The third-order valence-electron chi connectivity index (χ3n) is 2.54. The Labute approximate surface area is 97.9 Å². The molecular weight excluding hydrogens is 222 g/mol. The Bertz CT molecular complexity index is 504. The predicted molar refractivity (Wildman–Crippen MR) is 64.4 cm³/mol.